The number of thiophene rings is 1. The summed E-state index contributed by atoms with van der Waals surface area (Å²) in [6, 6.07) is 8.55. The van der Waals surface area contributed by atoms with Gasteiger partial charge in [-0.15, -0.1) is 22.7 Å². The van der Waals surface area contributed by atoms with Crippen LogP contribution < -0.4 is 10.6 Å². The summed E-state index contributed by atoms with van der Waals surface area (Å²) in [6.45, 7) is -0.113. The average molecular weight is 391 g/mol. The molecule has 0 aliphatic carbocycles. The molecule has 126 valence electrons. The van der Waals surface area contributed by atoms with Crippen molar-refractivity contribution in [2.75, 3.05) is 11.9 Å². The quantitative estimate of drug-likeness (QED) is 0.558. The number of fused-ring (bicyclic) bond motifs is 3. The number of hydrogen-bond donors (Lipinski definition) is 2. The van der Waals surface area contributed by atoms with Gasteiger partial charge < -0.3 is 10.6 Å². The number of carbonyl (C=O) groups is 2. The molecule has 0 radical (unpaired) electrons. The summed E-state index contributed by atoms with van der Waals surface area (Å²) >= 11 is 8.65. The van der Waals surface area contributed by atoms with Crippen molar-refractivity contribution in [1.82, 2.24) is 14.7 Å². The number of nitrogens with zero attached hydrogens (tertiary/aromatic N) is 2. The van der Waals surface area contributed by atoms with Crippen molar-refractivity contribution < 1.29 is 9.59 Å². The van der Waals surface area contributed by atoms with Crippen LogP contribution in [0, 0.1) is 0 Å². The van der Waals surface area contributed by atoms with Crippen LogP contribution >= 0.6 is 34.3 Å². The lowest BCUT2D eigenvalue weighted by molar-refractivity contribution is -0.115. The Bertz CT molecular complexity index is 1080. The number of carbonyl (C=O) groups excluding carboxylic acids is 2. The van der Waals surface area contributed by atoms with E-state index in [4.69, 9.17) is 11.6 Å². The molecule has 0 fully saturated rings. The highest BCUT2D eigenvalue weighted by Crippen LogP contribution is 2.28. The van der Waals surface area contributed by atoms with Crippen LogP contribution in [0.5, 0.6) is 0 Å². The SMILES string of the molecule is O=C(CNC(=O)c1cc2c(nc3sccn32)s1)Nc1ccc(Cl)cc1. The molecule has 4 rings (SSSR count). The van der Waals surface area contributed by atoms with Crippen LogP contribution in [0.2, 0.25) is 5.02 Å². The Morgan fingerprint density at radius 3 is 2.84 bits per heavy atom. The van der Waals surface area contributed by atoms with Crippen molar-refractivity contribution >= 4 is 67.1 Å². The molecule has 0 bridgehead atoms. The molecule has 1 aromatic carbocycles. The molecule has 2 amide bonds. The fourth-order valence-electron chi connectivity index (χ4n) is 2.35. The number of thiazole rings is 1. The highest BCUT2D eigenvalue weighted by atomic mass is 35.5. The van der Waals surface area contributed by atoms with Crippen molar-refractivity contribution in [3.63, 3.8) is 0 Å². The first kappa shape index (κ1) is 16.1. The minimum absolute atomic E-state index is 0.113. The lowest BCUT2D eigenvalue weighted by Crippen LogP contribution is -2.32. The standard InChI is InChI=1S/C16H11ClN4O2S2/c17-9-1-3-10(4-2-9)19-13(22)8-18-14(23)12-7-11-15(25-12)20-16-21(11)5-6-24-16/h1-7H,8H2,(H,18,23)(H,19,22). The fourth-order valence-corrected chi connectivity index (χ4v) is 4.19. The van der Waals surface area contributed by atoms with Crippen molar-refractivity contribution in [2.45, 2.75) is 0 Å². The Kier molecular flexibility index (Phi) is 4.16. The third-order valence-corrected chi connectivity index (χ3v) is 5.53. The molecule has 0 spiro atoms. The first-order valence-corrected chi connectivity index (χ1v) is 9.36. The Morgan fingerprint density at radius 2 is 2.04 bits per heavy atom. The zero-order valence-electron chi connectivity index (χ0n) is 12.7. The number of aromatic nitrogens is 2. The van der Waals surface area contributed by atoms with Crippen molar-refractivity contribution in [2.24, 2.45) is 0 Å². The zero-order chi connectivity index (χ0) is 17.4. The van der Waals surface area contributed by atoms with Gasteiger partial charge in [-0.1, -0.05) is 11.6 Å². The van der Waals surface area contributed by atoms with E-state index in [0.717, 1.165) is 15.3 Å². The molecule has 4 aromatic rings. The van der Waals surface area contributed by atoms with E-state index in [9.17, 15) is 9.59 Å². The van der Waals surface area contributed by atoms with E-state index in [1.807, 2.05) is 16.0 Å². The summed E-state index contributed by atoms with van der Waals surface area (Å²) in [5.74, 6) is -0.600. The summed E-state index contributed by atoms with van der Waals surface area (Å²) in [5, 5.41) is 7.85. The van der Waals surface area contributed by atoms with E-state index >= 15 is 0 Å². The van der Waals surface area contributed by atoms with Gasteiger partial charge in [-0.05, 0) is 30.3 Å². The van der Waals surface area contributed by atoms with Gasteiger partial charge in [0.1, 0.15) is 4.83 Å². The fraction of sp³-hybridized carbons (Fsp3) is 0.0625. The Balaban J connectivity index is 1.40. The van der Waals surface area contributed by atoms with Gasteiger partial charge in [-0.3, -0.25) is 14.0 Å². The lowest BCUT2D eigenvalue weighted by atomic mass is 10.3. The maximum atomic E-state index is 12.3. The number of rotatable bonds is 4. The van der Waals surface area contributed by atoms with Crippen LogP contribution in [-0.2, 0) is 4.79 Å². The van der Waals surface area contributed by atoms with Gasteiger partial charge in [0.2, 0.25) is 5.91 Å². The number of hydrogen-bond acceptors (Lipinski definition) is 5. The normalized spacial score (nSPS) is 11.1. The van der Waals surface area contributed by atoms with Crippen molar-refractivity contribution in [3.8, 4) is 0 Å². The molecule has 3 heterocycles. The average Bonchev–Trinajstić information content (AvgIpc) is 3.26. The molecule has 0 saturated carbocycles. The van der Waals surface area contributed by atoms with Crippen LogP contribution in [0.1, 0.15) is 9.67 Å². The number of anilines is 1. The Hall–Kier alpha value is -2.42. The van der Waals surface area contributed by atoms with Gasteiger partial charge in [0, 0.05) is 22.3 Å². The van der Waals surface area contributed by atoms with Gasteiger partial charge >= 0.3 is 0 Å². The molecule has 0 atom stereocenters. The van der Waals surface area contributed by atoms with Crippen LogP contribution in [0.25, 0.3) is 15.3 Å². The van der Waals surface area contributed by atoms with Crippen LogP contribution in [0.3, 0.4) is 0 Å². The molecular weight excluding hydrogens is 380 g/mol. The topological polar surface area (TPSA) is 75.5 Å². The summed E-state index contributed by atoms with van der Waals surface area (Å²) < 4.78 is 1.94. The Morgan fingerprint density at radius 1 is 1.24 bits per heavy atom. The summed E-state index contributed by atoms with van der Waals surface area (Å²) in [6.07, 6.45) is 1.92. The van der Waals surface area contributed by atoms with Crippen molar-refractivity contribution in [1.29, 1.82) is 0 Å². The number of halogens is 1. The van der Waals surface area contributed by atoms with Gasteiger partial charge in [-0.2, -0.15) is 0 Å². The van der Waals surface area contributed by atoms with Gasteiger partial charge in [0.25, 0.3) is 5.91 Å². The van der Waals surface area contributed by atoms with E-state index < -0.39 is 0 Å². The molecule has 25 heavy (non-hydrogen) atoms. The predicted molar refractivity (Wildman–Crippen MR) is 101 cm³/mol. The van der Waals surface area contributed by atoms with E-state index in [1.165, 1.54) is 11.3 Å². The van der Waals surface area contributed by atoms with Gasteiger partial charge in [-0.25, -0.2) is 4.98 Å². The second kappa shape index (κ2) is 6.47. The van der Waals surface area contributed by atoms with E-state index in [2.05, 4.69) is 15.6 Å². The third kappa shape index (κ3) is 3.23. The van der Waals surface area contributed by atoms with Crippen LogP contribution in [0.4, 0.5) is 5.69 Å². The van der Waals surface area contributed by atoms with Gasteiger partial charge in [0.15, 0.2) is 4.96 Å². The maximum absolute atomic E-state index is 12.3. The Labute approximate surface area is 155 Å². The minimum Gasteiger partial charge on any atom is -0.342 e. The highest BCUT2D eigenvalue weighted by molar-refractivity contribution is 7.21. The number of benzene rings is 1. The highest BCUT2D eigenvalue weighted by Gasteiger charge is 2.15. The molecular formula is C16H11ClN4O2S2. The first-order chi connectivity index (χ1) is 12.1. The molecule has 9 heteroatoms. The zero-order valence-corrected chi connectivity index (χ0v) is 15.0. The molecule has 3 aromatic heterocycles. The largest absolute Gasteiger partial charge is 0.342 e. The summed E-state index contributed by atoms with van der Waals surface area (Å²) in [5.41, 5.74) is 1.52. The molecule has 0 aliphatic rings. The van der Waals surface area contributed by atoms with E-state index in [-0.39, 0.29) is 18.4 Å². The molecule has 0 aliphatic heterocycles. The molecule has 6 nitrogen and oxygen atoms in total. The predicted octanol–water partition coefficient (Wildman–Crippen LogP) is 3.63. The smallest absolute Gasteiger partial charge is 0.261 e. The summed E-state index contributed by atoms with van der Waals surface area (Å²) in [7, 11) is 0. The van der Waals surface area contributed by atoms with Crippen molar-refractivity contribution in [3.05, 3.63) is 51.8 Å². The lowest BCUT2D eigenvalue weighted by Gasteiger charge is -2.06. The molecule has 2 N–H and O–H groups in total. The monoisotopic (exact) mass is 390 g/mol. The van der Waals surface area contributed by atoms with Crippen LogP contribution in [-0.4, -0.2) is 27.7 Å². The second-order valence-electron chi connectivity index (χ2n) is 5.21. The second-order valence-corrected chi connectivity index (χ2v) is 7.55. The molecule has 0 unspecified atom stereocenters. The van der Waals surface area contributed by atoms with Gasteiger partial charge in [0.05, 0.1) is 16.9 Å². The number of imidazole rings is 1. The van der Waals surface area contributed by atoms with E-state index in [1.54, 1.807) is 41.7 Å². The maximum Gasteiger partial charge on any atom is 0.261 e. The third-order valence-electron chi connectivity index (χ3n) is 3.50. The molecule has 0 saturated heterocycles. The number of amides is 2. The summed E-state index contributed by atoms with van der Waals surface area (Å²) in [4.78, 5) is 30.9. The van der Waals surface area contributed by atoms with E-state index in [0.29, 0.717) is 15.6 Å². The minimum atomic E-state index is -0.307. The van der Waals surface area contributed by atoms with Crippen LogP contribution in [0.15, 0.2) is 41.9 Å². The first-order valence-electron chi connectivity index (χ1n) is 7.29. The number of nitrogens with one attached hydrogen (secondary N) is 2.